The second-order valence-electron chi connectivity index (χ2n) is 8.15. The van der Waals surface area contributed by atoms with Crippen LogP contribution in [0.1, 0.15) is 61.8 Å². The molecule has 0 fully saturated rings. The van der Waals surface area contributed by atoms with Crippen molar-refractivity contribution >= 4 is 17.3 Å². The number of carbonyl (C=O) groups is 1. The smallest absolute Gasteiger partial charge is 0.223 e. The lowest BCUT2D eigenvalue weighted by atomic mass is 9.76. The van der Waals surface area contributed by atoms with Gasteiger partial charge in [0.25, 0.3) is 0 Å². The number of allylic oxidation sites excluding steroid dienone is 2. The van der Waals surface area contributed by atoms with Gasteiger partial charge < -0.3 is 10.2 Å². The summed E-state index contributed by atoms with van der Waals surface area (Å²) < 4.78 is 0. The fourth-order valence-electron chi connectivity index (χ4n) is 4.39. The Kier molecular flexibility index (Phi) is 4.55. The monoisotopic (exact) mass is 360 g/mol. The topological polar surface area (TPSA) is 32.3 Å². The fourth-order valence-corrected chi connectivity index (χ4v) is 4.39. The maximum atomic E-state index is 11.7. The molecule has 0 spiro atoms. The Balaban J connectivity index is 1.69. The maximum Gasteiger partial charge on any atom is 0.223 e. The molecule has 0 radical (unpaired) electrons. The van der Waals surface area contributed by atoms with Crippen molar-refractivity contribution in [1.29, 1.82) is 0 Å². The minimum atomic E-state index is 0.0559. The highest BCUT2D eigenvalue weighted by atomic mass is 16.2. The summed E-state index contributed by atoms with van der Waals surface area (Å²) in [5.74, 6) is 1.52. The third kappa shape index (κ3) is 3.16. The van der Waals surface area contributed by atoms with Crippen molar-refractivity contribution in [1.82, 2.24) is 0 Å². The molecule has 2 aromatic rings. The fraction of sp³-hybridized carbons (Fsp3) is 0.375. The lowest BCUT2D eigenvalue weighted by Crippen LogP contribution is -2.30. The Hall–Kier alpha value is -2.55. The van der Waals surface area contributed by atoms with Crippen LogP contribution >= 0.6 is 0 Å². The van der Waals surface area contributed by atoms with E-state index >= 15 is 0 Å². The van der Waals surface area contributed by atoms with Gasteiger partial charge in [-0.05, 0) is 53.1 Å². The molecule has 3 unspecified atom stereocenters. The van der Waals surface area contributed by atoms with Crippen molar-refractivity contribution in [2.24, 2.45) is 5.92 Å². The highest BCUT2D eigenvalue weighted by Gasteiger charge is 2.38. The number of amides is 1. The van der Waals surface area contributed by atoms with E-state index in [2.05, 4.69) is 67.7 Å². The molecule has 0 saturated heterocycles. The van der Waals surface area contributed by atoms with Crippen molar-refractivity contribution < 1.29 is 4.79 Å². The molecule has 4 rings (SSSR count). The summed E-state index contributed by atoms with van der Waals surface area (Å²) in [6.07, 6.45) is 5.74. The molecular formula is C24H28N2O. The van der Waals surface area contributed by atoms with Gasteiger partial charge in [0.1, 0.15) is 0 Å². The second-order valence-corrected chi connectivity index (χ2v) is 8.15. The lowest BCUT2D eigenvalue weighted by Gasteiger charge is -2.38. The van der Waals surface area contributed by atoms with Gasteiger partial charge >= 0.3 is 0 Å². The third-order valence-corrected chi connectivity index (χ3v) is 6.17. The molecule has 1 N–H and O–H groups in total. The van der Waals surface area contributed by atoms with Crippen LogP contribution in [0.4, 0.5) is 11.4 Å². The largest absolute Gasteiger partial charge is 0.378 e. The SMILES string of the molecule is CC(=O)N(C)c1ccc2c(c1)C1C=CCC1C(c1ccc(C(C)C)cc1)N2. The summed E-state index contributed by atoms with van der Waals surface area (Å²) >= 11 is 0. The van der Waals surface area contributed by atoms with E-state index in [4.69, 9.17) is 0 Å². The number of hydrogen-bond donors (Lipinski definition) is 1. The average molecular weight is 361 g/mol. The van der Waals surface area contributed by atoms with E-state index in [1.807, 2.05) is 13.1 Å². The first kappa shape index (κ1) is 17.8. The molecule has 1 amide bonds. The number of benzene rings is 2. The molecule has 1 aliphatic carbocycles. The van der Waals surface area contributed by atoms with Crippen molar-refractivity contribution in [3.8, 4) is 0 Å². The maximum absolute atomic E-state index is 11.7. The van der Waals surface area contributed by atoms with Gasteiger partial charge in [0.15, 0.2) is 0 Å². The number of nitrogens with one attached hydrogen (secondary N) is 1. The van der Waals surface area contributed by atoms with E-state index in [9.17, 15) is 4.79 Å². The van der Waals surface area contributed by atoms with Crippen LogP contribution in [0.3, 0.4) is 0 Å². The highest BCUT2D eigenvalue weighted by molar-refractivity contribution is 5.91. The molecular weight excluding hydrogens is 332 g/mol. The van der Waals surface area contributed by atoms with E-state index in [1.54, 1.807) is 11.8 Å². The van der Waals surface area contributed by atoms with E-state index in [-0.39, 0.29) is 5.91 Å². The van der Waals surface area contributed by atoms with Crippen LogP contribution in [0, 0.1) is 5.92 Å². The van der Waals surface area contributed by atoms with Crippen molar-refractivity contribution in [2.75, 3.05) is 17.3 Å². The van der Waals surface area contributed by atoms with Crippen LogP contribution in [0.15, 0.2) is 54.6 Å². The lowest BCUT2D eigenvalue weighted by molar-refractivity contribution is -0.116. The minimum absolute atomic E-state index is 0.0559. The van der Waals surface area contributed by atoms with Gasteiger partial charge in [0.05, 0.1) is 6.04 Å². The third-order valence-electron chi connectivity index (χ3n) is 6.17. The molecule has 1 heterocycles. The van der Waals surface area contributed by atoms with E-state index in [0.29, 0.717) is 23.8 Å². The first-order valence-electron chi connectivity index (χ1n) is 9.87. The van der Waals surface area contributed by atoms with Crippen molar-refractivity contribution in [3.05, 3.63) is 71.3 Å². The summed E-state index contributed by atoms with van der Waals surface area (Å²) in [7, 11) is 1.83. The first-order chi connectivity index (χ1) is 13.0. The number of fused-ring (bicyclic) bond motifs is 3. The van der Waals surface area contributed by atoms with Crippen LogP contribution in [-0.4, -0.2) is 13.0 Å². The first-order valence-corrected chi connectivity index (χ1v) is 9.87. The number of nitrogens with zero attached hydrogens (tertiary/aromatic N) is 1. The van der Waals surface area contributed by atoms with Gasteiger partial charge in [-0.2, -0.15) is 0 Å². The summed E-state index contributed by atoms with van der Waals surface area (Å²) in [4.78, 5) is 13.5. The predicted octanol–water partition coefficient (Wildman–Crippen LogP) is 5.62. The Morgan fingerprint density at radius 2 is 1.89 bits per heavy atom. The molecule has 1 aliphatic heterocycles. The van der Waals surface area contributed by atoms with E-state index in [0.717, 1.165) is 12.1 Å². The second kappa shape index (κ2) is 6.88. The van der Waals surface area contributed by atoms with Gasteiger partial charge in [-0.3, -0.25) is 4.79 Å². The normalized spacial score (nSPS) is 22.9. The van der Waals surface area contributed by atoms with Crippen LogP contribution in [0.25, 0.3) is 0 Å². The van der Waals surface area contributed by atoms with Gasteiger partial charge in [0, 0.05) is 31.3 Å². The Labute approximate surface area is 162 Å². The number of carbonyl (C=O) groups excluding carboxylic acids is 1. The van der Waals surface area contributed by atoms with Crippen LogP contribution in [-0.2, 0) is 4.79 Å². The molecule has 140 valence electrons. The van der Waals surface area contributed by atoms with Gasteiger partial charge in [-0.25, -0.2) is 0 Å². The molecule has 0 bridgehead atoms. The van der Waals surface area contributed by atoms with Gasteiger partial charge in [-0.1, -0.05) is 50.3 Å². The summed E-state index contributed by atoms with van der Waals surface area (Å²) in [5, 5.41) is 3.79. The van der Waals surface area contributed by atoms with Crippen molar-refractivity contribution in [3.63, 3.8) is 0 Å². The summed E-state index contributed by atoms with van der Waals surface area (Å²) in [6.45, 7) is 6.07. The average Bonchev–Trinajstić information content (AvgIpc) is 3.16. The number of anilines is 2. The van der Waals surface area contributed by atoms with E-state index in [1.165, 1.54) is 22.4 Å². The zero-order valence-electron chi connectivity index (χ0n) is 16.6. The van der Waals surface area contributed by atoms with Crippen LogP contribution in [0.5, 0.6) is 0 Å². The molecule has 2 aromatic carbocycles. The molecule has 3 atom stereocenters. The standard InChI is InChI=1S/C24H28N2O/c1-15(2)17-8-10-18(11-9-17)24-21-7-5-6-20(21)22-14-19(26(4)16(3)27)12-13-23(22)25-24/h5-6,8-15,20-21,24-25H,7H2,1-4H3. The molecule has 2 aliphatic rings. The van der Waals surface area contributed by atoms with Crippen molar-refractivity contribution in [2.45, 2.75) is 45.1 Å². The predicted molar refractivity (Wildman–Crippen MR) is 112 cm³/mol. The van der Waals surface area contributed by atoms with Gasteiger partial charge in [0.2, 0.25) is 5.91 Å². The highest BCUT2D eigenvalue weighted by Crippen LogP contribution is 2.50. The Morgan fingerprint density at radius 1 is 1.15 bits per heavy atom. The number of hydrogen-bond acceptors (Lipinski definition) is 2. The van der Waals surface area contributed by atoms with Gasteiger partial charge in [-0.15, -0.1) is 0 Å². The molecule has 3 nitrogen and oxygen atoms in total. The quantitative estimate of drug-likeness (QED) is 0.721. The molecule has 0 aromatic heterocycles. The summed E-state index contributed by atoms with van der Waals surface area (Å²) in [5.41, 5.74) is 6.18. The van der Waals surface area contributed by atoms with Crippen LogP contribution < -0.4 is 10.2 Å². The van der Waals surface area contributed by atoms with E-state index < -0.39 is 0 Å². The van der Waals surface area contributed by atoms with Crippen LogP contribution in [0.2, 0.25) is 0 Å². The Bertz CT molecular complexity index is 882. The summed E-state index contributed by atoms with van der Waals surface area (Å²) in [6, 6.07) is 15.7. The number of rotatable bonds is 3. The minimum Gasteiger partial charge on any atom is -0.378 e. The molecule has 0 saturated carbocycles. The molecule has 27 heavy (non-hydrogen) atoms. The zero-order valence-corrected chi connectivity index (χ0v) is 16.6. The molecule has 3 heteroatoms. The Morgan fingerprint density at radius 3 is 2.56 bits per heavy atom. The zero-order chi connectivity index (χ0) is 19.1.